The van der Waals surface area contributed by atoms with Crippen molar-refractivity contribution in [1.29, 1.82) is 0 Å². The van der Waals surface area contributed by atoms with Crippen molar-refractivity contribution in [2.45, 2.75) is 26.8 Å². The zero-order valence-corrected chi connectivity index (χ0v) is 18.9. The molecule has 3 aromatic rings. The second kappa shape index (κ2) is 11.5. The van der Waals surface area contributed by atoms with E-state index in [-0.39, 0.29) is 29.8 Å². The summed E-state index contributed by atoms with van der Waals surface area (Å²) in [6, 6.07) is 14.7. The number of oxazole rings is 1. The van der Waals surface area contributed by atoms with Gasteiger partial charge < -0.3 is 15.1 Å². The number of nitrogens with one attached hydrogen (secondary N) is 2. The fraction of sp³-hybridized carbons (Fsp3) is 0.273. The summed E-state index contributed by atoms with van der Waals surface area (Å²) in [6.07, 6.45) is 2.51. The number of hydrogen-bond donors (Lipinski definition) is 2. The van der Waals surface area contributed by atoms with Crippen molar-refractivity contribution in [2.75, 3.05) is 13.1 Å². The standard InChI is InChI=1S/C22H25FN4O.HI/c1-3-24-22(25-12-11-17-9-10-19(23)13-16(17)2)27-15-21-26-14-20(28-21)18-7-5-4-6-8-18;/h4-10,13-14H,3,11-12,15H2,1-2H3,(H2,24,25,27);1H. The van der Waals surface area contributed by atoms with Crippen molar-refractivity contribution >= 4 is 29.9 Å². The minimum Gasteiger partial charge on any atom is -0.439 e. The van der Waals surface area contributed by atoms with Crippen molar-refractivity contribution in [3.8, 4) is 11.3 Å². The molecule has 0 unspecified atom stereocenters. The molecule has 0 fully saturated rings. The molecule has 0 amide bonds. The lowest BCUT2D eigenvalue weighted by Crippen LogP contribution is -2.38. The maximum atomic E-state index is 13.2. The molecule has 1 aromatic heterocycles. The van der Waals surface area contributed by atoms with Crippen molar-refractivity contribution in [1.82, 2.24) is 15.6 Å². The average molecular weight is 508 g/mol. The number of halogens is 2. The van der Waals surface area contributed by atoms with Gasteiger partial charge in [-0.1, -0.05) is 36.4 Å². The summed E-state index contributed by atoms with van der Waals surface area (Å²) < 4.78 is 19.0. The van der Waals surface area contributed by atoms with Gasteiger partial charge in [-0.3, -0.25) is 0 Å². The van der Waals surface area contributed by atoms with E-state index in [0.717, 1.165) is 35.4 Å². The molecule has 29 heavy (non-hydrogen) atoms. The van der Waals surface area contributed by atoms with Crippen LogP contribution in [0.15, 0.2) is 64.1 Å². The van der Waals surface area contributed by atoms with E-state index < -0.39 is 0 Å². The second-order valence-electron chi connectivity index (χ2n) is 6.43. The molecule has 0 aliphatic heterocycles. The smallest absolute Gasteiger partial charge is 0.216 e. The molecule has 0 radical (unpaired) electrons. The van der Waals surface area contributed by atoms with Gasteiger partial charge in [-0.15, -0.1) is 24.0 Å². The van der Waals surface area contributed by atoms with Gasteiger partial charge in [0.15, 0.2) is 11.7 Å². The highest BCUT2D eigenvalue weighted by Crippen LogP contribution is 2.19. The summed E-state index contributed by atoms with van der Waals surface area (Å²) >= 11 is 0. The fourth-order valence-electron chi connectivity index (χ4n) is 2.86. The number of hydrogen-bond acceptors (Lipinski definition) is 3. The summed E-state index contributed by atoms with van der Waals surface area (Å²) in [5.74, 6) is 1.78. The zero-order chi connectivity index (χ0) is 19.8. The van der Waals surface area contributed by atoms with Gasteiger partial charge in [-0.05, 0) is 43.5 Å². The van der Waals surface area contributed by atoms with E-state index in [1.54, 1.807) is 12.3 Å². The second-order valence-corrected chi connectivity index (χ2v) is 6.43. The third-order valence-corrected chi connectivity index (χ3v) is 4.32. The summed E-state index contributed by atoms with van der Waals surface area (Å²) in [4.78, 5) is 8.84. The molecule has 7 heteroatoms. The van der Waals surface area contributed by atoms with Crippen LogP contribution in [-0.2, 0) is 13.0 Å². The Morgan fingerprint density at radius 2 is 1.93 bits per heavy atom. The van der Waals surface area contributed by atoms with Gasteiger partial charge in [-0.25, -0.2) is 14.4 Å². The van der Waals surface area contributed by atoms with E-state index in [0.29, 0.717) is 24.9 Å². The van der Waals surface area contributed by atoms with Crippen molar-refractivity contribution in [3.05, 3.63) is 77.6 Å². The minimum absolute atomic E-state index is 0. The first-order valence-corrected chi connectivity index (χ1v) is 9.43. The molecule has 0 atom stereocenters. The molecule has 0 saturated heterocycles. The van der Waals surface area contributed by atoms with Crippen LogP contribution >= 0.6 is 24.0 Å². The zero-order valence-electron chi connectivity index (χ0n) is 16.6. The van der Waals surface area contributed by atoms with E-state index in [2.05, 4.69) is 20.6 Å². The van der Waals surface area contributed by atoms with Crippen LogP contribution in [0, 0.1) is 12.7 Å². The molecule has 2 N–H and O–H groups in total. The first-order valence-electron chi connectivity index (χ1n) is 9.43. The number of aryl methyl sites for hydroxylation is 1. The third-order valence-electron chi connectivity index (χ3n) is 4.32. The molecule has 0 aliphatic carbocycles. The predicted octanol–water partition coefficient (Wildman–Crippen LogP) is 4.70. The van der Waals surface area contributed by atoms with E-state index >= 15 is 0 Å². The van der Waals surface area contributed by atoms with Crippen LogP contribution in [0.4, 0.5) is 4.39 Å². The molecule has 1 heterocycles. The average Bonchev–Trinajstić information content (AvgIpc) is 3.17. The molecule has 0 bridgehead atoms. The molecular formula is C22H26FIN4O. The quantitative estimate of drug-likeness (QED) is 0.276. The van der Waals surface area contributed by atoms with E-state index in [9.17, 15) is 4.39 Å². The maximum absolute atomic E-state index is 13.2. The van der Waals surface area contributed by atoms with E-state index in [1.165, 1.54) is 6.07 Å². The minimum atomic E-state index is -0.204. The Balaban J connectivity index is 0.00000300. The van der Waals surface area contributed by atoms with Gasteiger partial charge in [0.25, 0.3) is 0 Å². The maximum Gasteiger partial charge on any atom is 0.216 e. The highest BCUT2D eigenvalue weighted by Gasteiger charge is 2.06. The lowest BCUT2D eigenvalue weighted by atomic mass is 10.1. The number of rotatable bonds is 7. The largest absolute Gasteiger partial charge is 0.439 e. The molecule has 0 saturated carbocycles. The number of benzene rings is 2. The van der Waals surface area contributed by atoms with Crippen LogP contribution in [0.2, 0.25) is 0 Å². The Morgan fingerprint density at radius 1 is 1.14 bits per heavy atom. The molecule has 2 aromatic carbocycles. The Labute approximate surface area is 187 Å². The van der Waals surface area contributed by atoms with Crippen molar-refractivity contribution in [3.63, 3.8) is 0 Å². The summed E-state index contributed by atoms with van der Waals surface area (Å²) in [5, 5.41) is 6.51. The van der Waals surface area contributed by atoms with Crippen LogP contribution in [0.1, 0.15) is 23.9 Å². The van der Waals surface area contributed by atoms with Gasteiger partial charge in [-0.2, -0.15) is 0 Å². The monoisotopic (exact) mass is 508 g/mol. The lowest BCUT2D eigenvalue weighted by Gasteiger charge is -2.12. The van der Waals surface area contributed by atoms with Gasteiger partial charge in [0.2, 0.25) is 5.89 Å². The highest BCUT2D eigenvalue weighted by atomic mass is 127. The predicted molar refractivity (Wildman–Crippen MR) is 125 cm³/mol. The summed E-state index contributed by atoms with van der Waals surface area (Å²) in [6.45, 7) is 5.73. The Kier molecular flexibility index (Phi) is 9.11. The Bertz CT molecular complexity index is 928. The van der Waals surface area contributed by atoms with Crippen LogP contribution in [0.25, 0.3) is 11.3 Å². The molecule has 0 aliphatic rings. The third kappa shape index (κ3) is 6.85. The van der Waals surface area contributed by atoms with Crippen molar-refractivity contribution in [2.24, 2.45) is 4.99 Å². The molecular weight excluding hydrogens is 482 g/mol. The Hall–Kier alpha value is -2.42. The highest BCUT2D eigenvalue weighted by molar-refractivity contribution is 14.0. The Morgan fingerprint density at radius 3 is 2.66 bits per heavy atom. The number of aromatic nitrogens is 1. The van der Waals surface area contributed by atoms with E-state index in [4.69, 9.17) is 4.42 Å². The molecule has 0 spiro atoms. The first kappa shape index (κ1) is 22.9. The van der Waals surface area contributed by atoms with Gasteiger partial charge in [0.05, 0.1) is 6.20 Å². The van der Waals surface area contributed by atoms with Crippen LogP contribution in [0.5, 0.6) is 0 Å². The topological polar surface area (TPSA) is 62.5 Å². The van der Waals surface area contributed by atoms with Crippen LogP contribution in [0.3, 0.4) is 0 Å². The van der Waals surface area contributed by atoms with Gasteiger partial charge in [0, 0.05) is 18.7 Å². The number of nitrogens with zero attached hydrogens (tertiary/aromatic N) is 2. The van der Waals surface area contributed by atoms with Gasteiger partial charge in [0.1, 0.15) is 12.4 Å². The lowest BCUT2D eigenvalue weighted by molar-refractivity contribution is 0.509. The van der Waals surface area contributed by atoms with Crippen LogP contribution < -0.4 is 10.6 Å². The summed E-state index contributed by atoms with van der Waals surface area (Å²) in [7, 11) is 0. The fourth-order valence-corrected chi connectivity index (χ4v) is 2.86. The van der Waals surface area contributed by atoms with Crippen molar-refractivity contribution < 1.29 is 8.81 Å². The number of guanidine groups is 1. The summed E-state index contributed by atoms with van der Waals surface area (Å²) in [5.41, 5.74) is 3.06. The first-order chi connectivity index (χ1) is 13.7. The normalized spacial score (nSPS) is 11.1. The number of aliphatic imine (C=N–C) groups is 1. The molecule has 154 valence electrons. The SMILES string of the molecule is CCNC(=NCc1ncc(-c2ccccc2)o1)NCCc1ccc(F)cc1C.I. The van der Waals surface area contributed by atoms with E-state index in [1.807, 2.05) is 50.2 Å². The molecule has 3 rings (SSSR count). The van der Waals surface area contributed by atoms with Gasteiger partial charge >= 0.3 is 0 Å². The van der Waals surface area contributed by atoms with Crippen LogP contribution in [-0.4, -0.2) is 24.0 Å². The molecule has 5 nitrogen and oxygen atoms in total.